The van der Waals surface area contributed by atoms with E-state index in [-0.39, 0.29) is 29.7 Å². The van der Waals surface area contributed by atoms with Crippen LogP contribution in [0.3, 0.4) is 0 Å². The van der Waals surface area contributed by atoms with Gasteiger partial charge in [-0.3, -0.25) is 9.59 Å². The molecule has 0 saturated carbocycles. The Morgan fingerprint density at radius 3 is 2.54 bits per heavy atom. The van der Waals surface area contributed by atoms with Crippen LogP contribution in [-0.2, 0) is 45.2 Å². The molecule has 1 spiro atoms. The van der Waals surface area contributed by atoms with Gasteiger partial charge >= 0.3 is 23.9 Å². The van der Waals surface area contributed by atoms with Gasteiger partial charge in [-0.05, 0) is 58.0 Å². The van der Waals surface area contributed by atoms with E-state index in [1.54, 1.807) is 12.1 Å². The molecule has 39 heavy (non-hydrogen) atoms. The first-order valence-corrected chi connectivity index (χ1v) is 12.8. The molecule has 1 aromatic carbocycles. The molecule has 12 heteroatoms. The van der Waals surface area contributed by atoms with E-state index >= 15 is 0 Å². The van der Waals surface area contributed by atoms with Crippen molar-refractivity contribution in [3.05, 3.63) is 35.1 Å². The van der Waals surface area contributed by atoms with E-state index in [1.807, 2.05) is 13.1 Å². The lowest BCUT2D eigenvalue weighted by Crippen LogP contribution is -2.74. The van der Waals surface area contributed by atoms with Crippen LogP contribution in [0.2, 0.25) is 0 Å². The second kappa shape index (κ2) is 9.23. The van der Waals surface area contributed by atoms with Crippen molar-refractivity contribution in [1.29, 1.82) is 0 Å². The predicted octanol–water partition coefficient (Wildman–Crippen LogP) is 0.797. The zero-order valence-electron chi connectivity index (χ0n) is 22.0. The molecule has 210 valence electrons. The Kier molecular flexibility index (Phi) is 6.38. The van der Waals surface area contributed by atoms with E-state index in [1.165, 1.54) is 13.8 Å². The minimum atomic E-state index is -1.76. The molecule has 2 aliphatic heterocycles. The zero-order chi connectivity index (χ0) is 28.4. The fourth-order valence-corrected chi connectivity index (χ4v) is 6.59. The molecular weight excluding hydrogens is 514 g/mol. The number of ether oxygens (including phenoxy) is 4. The Hall–Kier alpha value is -3.64. The summed E-state index contributed by atoms with van der Waals surface area (Å²) in [7, 11) is 1.95. The molecule has 2 heterocycles. The van der Waals surface area contributed by atoms with Gasteiger partial charge in [0, 0.05) is 24.9 Å². The van der Waals surface area contributed by atoms with Gasteiger partial charge in [-0.1, -0.05) is 6.07 Å². The fraction of sp³-hybridized carbons (Fsp3) is 0.556. The highest BCUT2D eigenvalue weighted by Gasteiger charge is 2.72. The number of aliphatic carboxylic acids is 1. The molecule has 0 amide bonds. The number of likely N-dealkylation sites (N-methyl/N-ethyl adjacent to an activating group) is 1. The smallest absolute Gasteiger partial charge is 0.352 e. The number of carbonyl (C=O) groups is 4. The normalized spacial score (nSPS) is 30.5. The van der Waals surface area contributed by atoms with Gasteiger partial charge in [-0.15, -0.1) is 0 Å². The number of piperidine rings is 1. The number of benzene rings is 1. The van der Waals surface area contributed by atoms with Crippen molar-refractivity contribution in [3.63, 3.8) is 0 Å². The van der Waals surface area contributed by atoms with Crippen LogP contribution in [0.4, 0.5) is 0 Å². The number of phenolic OH excluding ortho intramolecular Hbond substituents is 1. The van der Waals surface area contributed by atoms with Crippen molar-refractivity contribution in [2.75, 3.05) is 13.6 Å². The lowest BCUT2D eigenvalue weighted by molar-refractivity contribution is -0.184. The van der Waals surface area contributed by atoms with Gasteiger partial charge in [0.05, 0.1) is 11.0 Å². The first kappa shape index (κ1) is 26.9. The largest absolute Gasteiger partial charge is 0.504 e. The Labute approximate surface area is 224 Å². The average molecular weight is 546 g/mol. The second-order valence-corrected chi connectivity index (χ2v) is 10.8. The van der Waals surface area contributed by atoms with Crippen molar-refractivity contribution >= 4 is 23.9 Å². The molecule has 0 radical (unpaired) electrons. The van der Waals surface area contributed by atoms with Gasteiger partial charge in [-0.25, -0.2) is 9.59 Å². The standard InChI is InChI=1S/C27H31NO11/c1-12(23(31)32)20(37-14(3)29)25(34)36-13(2)24(33)38-17-7-8-27(35)18-11-15-5-6-16(30)21-19(15)26(27,22(17)39-21)9-10-28(18)4/h5-7,12-13,18,20,22,30,35H,8-11H2,1-4H3,(H,31,32)/t12-,13+,18-,20-,22+,26+,27-/m1/s1. The van der Waals surface area contributed by atoms with E-state index in [0.29, 0.717) is 19.4 Å². The van der Waals surface area contributed by atoms with Crippen molar-refractivity contribution < 1.29 is 53.4 Å². The SMILES string of the molecule is CC(=O)O[C@@H](C(=O)O[C@@H](C)C(=O)OC1=CC[C@@]2(O)[C@H]3Cc4ccc(O)c5c4[C@@]2(CCN3C)[C@H]1O5)[C@@H](C)C(=O)O. The number of carboxylic acid groups (broad SMARTS) is 1. The molecule has 2 aliphatic carbocycles. The summed E-state index contributed by atoms with van der Waals surface area (Å²) in [5, 5.41) is 32.0. The van der Waals surface area contributed by atoms with Gasteiger partial charge in [-0.2, -0.15) is 0 Å². The molecule has 1 aromatic rings. The van der Waals surface area contributed by atoms with Gasteiger partial charge < -0.3 is 39.2 Å². The summed E-state index contributed by atoms with van der Waals surface area (Å²) in [5.74, 6) is -5.57. The molecule has 2 bridgehead atoms. The third-order valence-corrected chi connectivity index (χ3v) is 8.57. The minimum Gasteiger partial charge on any atom is -0.504 e. The molecular formula is C27H31NO11. The van der Waals surface area contributed by atoms with E-state index in [9.17, 15) is 34.5 Å². The highest BCUT2D eigenvalue weighted by molar-refractivity contribution is 5.87. The van der Waals surface area contributed by atoms with E-state index in [0.717, 1.165) is 18.1 Å². The number of carboxylic acids is 1. The third kappa shape index (κ3) is 3.88. The maximum absolute atomic E-state index is 13.0. The van der Waals surface area contributed by atoms with Crippen LogP contribution < -0.4 is 4.74 Å². The summed E-state index contributed by atoms with van der Waals surface area (Å²) < 4.78 is 21.8. The number of hydrogen-bond acceptors (Lipinski definition) is 11. The van der Waals surface area contributed by atoms with Crippen LogP contribution in [0.5, 0.6) is 11.5 Å². The maximum atomic E-state index is 13.0. The first-order chi connectivity index (χ1) is 18.3. The lowest BCUT2D eigenvalue weighted by atomic mass is 9.50. The predicted molar refractivity (Wildman–Crippen MR) is 131 cm³/mol. The summed E-state index contributed by atoms with van der Waals surface area (Å²) >= 11 is 0. The maximum Gasteiger partial charge on any atom is 0.352 e. The summed E-state index contributed by atoms with van der Waals surface area (Å²) in [6.07, 6.45) is -1.35. The van der Waals surface area contributed by atoms with Gasteiger partial charge in [0.25, 0.3) is 0 Å². The van der Waals surface area contributed by atoms with E-state index < -0.39 is 59.1 Å². The number of rotatable bonds is 7. The van der Waals surface area contributed by atoms with Crippen molar-refractivity contribution in [2.24, 2.45) is 5.92 Å². The Morgan fingerprint density at radius 1 is 1.15 bits per heavy atom. The number of nitrogens with zero attached hydrogens (tertiary/aromatic N) is 1. The Balaban J connectivity index is 1.40. The Morgan fingerprint density at radius 2 is 1.87 bits per heavy atom. The summed E-state index contributed by atoms with van der Waals surface area (Å²) in [6.45, 7) is 4.08. The minimum absolute atomic E-state index is 0.0747. The molecule has 7 atom stereocenters. The summed E-state index contributed by atoms with van der Waals surface area (Å²) in [5.41, 5.74) is -0.527. The van der Waals surface area contributed by atoms with E-state index in [2.05, 4.69) is 4.90 Å². The van der Waals surface area contributed by atoms with Crippen LogP contribution in [0.1, 0.15) is 44.7 Å². The first-order valence-electron chi connectivity index (χ1n) is 12.8. The van der Waals surface area contributed by atoms with Gasteiger partial charge in [0.2, 0.25) is 6.10 Å². The Bertz CT molecular complexity index is 1290. The van der Waals surface area contributed by atoms with Crippen molar-refractivity contribution in [3.8, 4) is 11.5 Å². The highest BCUT2D eigenvalue weighted by Crippen LogP contribution is 2.65. The number of aromatic hydroxyl groups is 1. The van der Waals surface area contributed by atoms with Crippen LogP contribution in [0.15, 0.2) is 24.0 Å². The summed E-state index contributed by atoms with van der Waals surface area (Å²) in [6, 6.07) is 3.16. The molecule has 1 fully saturated rings. The second-order valence-electron chi connectivity index (χ2n) is 10.8. The van der Waals surface area contributed by atoms with E-state index in [4.69, 9.17) is 18.9 Å². The molecule has 0 aromatic heterocycles. The number of esters is 3. The highest BCUT2D eigenvalue weighted by atomic mass is 16.6. The van der Waals surface area contributed by atoms with Crippen molar-refractivity contribution in [2.45, 2.75) is 75.4 Å². The number of carbonyl (C=O) groups excluding carboxylic acids is 3. The fourth-order valence-electron chi connectivity index (χ4n) is 6.59. The third-order valence-electron chi connectivity index (χ3n) is 8.57. The topological polar surface area (TPSA) is 169 Å². The van der Waals surface area contributed by atoms with Gasteiger partial charge in [0.1, 0.15) is 11.7 Å². The van der Waals surface area contributed by atoms with Crippen molar-refractivity contribution in [1.82, 2.24) is 4.90 Å². The molecule has 0 unspecified atom stereocenters. The van der Waals surface area contributed by atoms with Crippen LogP contribution in [0.25, 0.3) is 0 Å². The number of hydrogen-bond donors (Lipinski definition) is 3. The average Bonchev–Trinajstić information content (AvgIpc) is 3.23. The molecule has 5 rings (SSSR count). The summed E-state index contributed by atoms with van der Waals surface area (Å²) in [4.78, 5) is 50.6. The van der Waals surface area contributed by atoms with Crippen LogP contribution >= 0.6 is 0 Å². The van der Waals surface area contributed by atoms with Crippen LogP contribution in [0, 0.1) is 5.92 Å². The number of phenols is 1. The molecule has 12 nitrogen and oxygen atoms in total. The van der Waals surface area contributed by atoms with Gasteiger partial charge in [0.15, 0.2) is 23.7 Å². The number of aliphatic hydroxyl groups is 1. The lowest BCUT2D eigenvalue weighted by Gasteiger charge is -2.61. The molecule has 1 saturated heterocycles. The zero-order valence-corrected chi connectivity index (χ0v) is 22.0. The molecule has 4 aliphatic rings. The van der Waals surface area contributed by atoms with Crippen LogP contribution in [-0.4, -0.2) is 87.6 Å². The number of likely N-dealkylation sites (tertiary alicyclic amines) is 1. The molecule has 3 N–H and O–H groups in total. The monoisotopic (exact) mass is 545 g/mol. The quantitative estimate of drug-likeness (QED) is 0.326.